The van der Waals surface area contributed by atoms with Crippen molar-refractivity contribution in [3.8, 4) is 0 Å². The van der Waals surface area contributed by atoms with E-state index in [2.05, 4.69) is 11.8 Å². The van der Waals surface area contributed by atoms with Crippen LogP contribution < -0.4 is 5.73 Å². The van der Waals surface area contributed by atoms with E-state index in [4.69, 9.17) is 10.5 Å². The minimum Gasteiger partial charge on any atom is -0.378 e. The van der Waals surface area contributed by atoms with Crippen LogP contribution in [0.4, 0.5) is 0 Å². The molecular weight excluding hydrogens is 188 g/mol. The Kier molecular flexibility index (Phi) is 3.65. The van der Waals surface area contributed by atoms with E-state index in [0.29, 0.717) is 11.6 Å². The van der Waals surface area contributed by atoms with Crippen molar-refractivity contribution in [2.45, 2.75) is 50.6 Å². The second-order valence-electron chi connectivity index (χ2n) is 4.97. The van der Waals surface area contributed by atoms with Crippen molar-refractivity contribution in [1.82, 2.24) is 4.90 Å². The molecule has 0 amide bonds. The third-order valence-corrected chi connectivity index (χ3v) is 4.22. The first kappa shape index (κ1) is 11.4. The Morgan fingerprint density at radius 2 is 2.13 bits per heavy atom. The highest BCUT2D eigenvalue weighted by Gasteiger charge is 2.42. The van der Waals surface area contributed by atoms with Crippen LogP contribution in [0.5, 0.6) is 0 Å². The van der Waals surface area contributed by atoms with E-state index in [1.165, 1.54) is 32.1 Å². The van der Waals surface area contributed by atoms with Gasteiger partial charge < -0.3 is 10.5 Å². The highest BCUT2D eigenvalue weighted by Crippen LogP contribution is 2.37. The van der Waals surface area contributed by atoms with Gasteiger partial charge in [-0.1, -0.05) is 19.8 Å². The van der Waals surface area contributed by atoms with Crippen molar-refractivity contribution in [3.63, 3.8) is 0 Å². The average molecular weight is 212 g/mol. The molecule has 1 aliphatic carbocycles. The largest absolute Gasteiger partial charge is 0.378 e. The zero-order valence-electron chi connectivity index (χ0n) is 9.87. The first-order valence-corrected chi connectivity index (χ1v) is 6.37. The van der Waals surface area contributed by atoms with Crippen LogP contribution in [-0.2, 0) is 4.74 Å². The summed E-state index contributed by atoms with van der Waals surface area (Å²) in [6.07, 6.45) is 6.47. The van der Waals surface area contributed by atoms with Crippen LogP contribution in [0, 0.1) is 0 Å². The maximum absolute atomic E-state index is 6.03. The van der Waals surface area contributed by atoms with E-state index in [1.54, 1.807) is 0 Å². The van der Waals surface area contributed by atoms with Gasteiger partial charge in [-0.05, 0) is 19.3 Å². The zero-order chi connectivity index (χ0) is 10.7. The fourth-order valence-corrected chi connectivity index (χ4v) is 3.26. The summed E-state index contributed by atoms with van der Waals surface area (Å²) < 4.78 is 5.57. The van der Waals surface area contributed by atoms with E-state index in [9.17, 15) is 0 Å². The van der Waals surface area contributed by atoms with Crippen LogP contribution in [0.1, 0.15) is 39.0 Å². The van der Waals surface area contributed by atoms with Crippen LogP contribution in [0.3, 0.4) is 0 Å². The predicted octanol–water partition coefficient (Wildman–Crippen LogP) is 1.37. The number of rotatable bonds is 3. The van der Waals surface area contributed by atoms with Gasteiger partial charge in [0.05, 0.1) is 13.2 Å². The molecule has 1 atom stereocenters. The Labute approximate surface area is 93.0 Å². The molecule has 2 fully saturated rings. The van der Waals surface area contributed by atoms with Crippen molar-refractivity contribution in [2.75, 3.05) is 26.3 Å². The lowest BCUT2D eigenvalue weighted by molar-refractivity contribution is -0.0620. The fraction of sp³-hybridized carbons (Fsp3) is 1.00. The molecule has 3 nitrogen and oxygen atoms in total. The molecule has 0 radical (unpaired) electrons. The van der Waals surface area contributed by atoms with Gasteiger partial charge in [0.2, 0.25) is 0 Å². The Bertz CT molecular complexity index is 202. The van der Waals surface area contributed by atoms with Crippen LogP contribution in [-0.4, -0.2) is 42.8 Å². The lowest BCUT2D eigenvalue weighted by Gasteiger charge is -2.47. The quantitative estimate of drug-likeness (QED) is 0.768. The molecule has 3 heteroatoms. The van der Waals surface area contributed by atoms with Crippen LogP contribution >= 0.6 is 0 Å². The lowest BCUT2D eigenvalue weighted by atomic mass is 9.92. The minimum atomic E-state index is 0.310. The number of nitrogens with two attached hydrogens (primary N) is 1. The first-order valence-electron chi connectivity index (χ1n) is 6.37. The zero-order valence-corrected chi connectivity index (χ0v) is 9.87. The maximum atomic E-state index is 6.03. The highest BCUT2D eigenvalue weighted by molar-refractivity contribution is 4.99. The summed E-state index contributed by atoms with van der Waals surface area (Å²) in [7, 11) is 0. The van der Waals surface area contributed by atoms with E-state index < -0.39 is 0 Å². The number of hydrogen-bond acceptors (Lipinski definition) is 3. The van der Waals surface area contributed by atoms with Crippen LogP contribution in [0.2, 0.25) is 0 Å². The van der Waals surface area contributed by atoms with E-state index in [1.807, 2.05) is 0 Å². The first-order chi connectivity index (χ1) is 7.32. The summed E-state index contributed by atoms with van der Waals surface area (Å²) in [5.41, 5.74) is 6.34. The molecular formula is C12H24N2O. The Morgan fingerprint density at radius 3 is 2.73 bits per heavy atom. The van der Waals surface area contributed by atoms with Gasteiger partial charge in [0.15, 0.2) is 0 Å². The molecule has 0 aromatic rings. The lowest BCUT2D eigenvalue weighted by Crippen LogP contribution is -2.60. The maximum Gasteiger partial charge on any atom is 0.0622 e. The van der Waals surface area contributed by atoms with Crippen molar-refractivity contribution in [1.29, 1.82) is 0 Å². The van der Waals surface area contributed by atoms with Gasteiger partial charge >= 0.3 is 0 Å². The molecule has 1 unspecified atom stereocenters. The summed E-state index contributed by atoms with van der Waals surface area (Å²) in [6, 6.07) is 0.598. The second-order valence-corrected chi connectivity index (χ2v) is 4.97. The molecule has 1 aliphatic heterocycles. The standard InChI is InChI=1S/C12H24N2O/c1-2-11-9-15-8-7-14(11)12(10-13)5-3-4-6-12/h11H,2-10,13H2,1H3. The topological polar surface area (TPSA) is 38.5 Å². The molecule has 1 heterocycles. The van der Waals surface area contributed by atoms with Gasteiger partial charge in [0.25, 0.3) is 0 Å². The Morgan fingerprint density at radius 1 is 1.40 bits per heavy atom. The van der Waals surface area contributed by atoms with E-state index >= 15 is 0 Å². The SMILES string of the molecule is CCC1COCCN1C1(CN)CCCC1. The third kappa shape index (κ3) is 2.05. The van der Waals surface area contributed by atoms with Gasteiger partial charge in [0, 0.05) is 24.7 Å². The van der Waals surface area contributed by atoms with Crippen LogP contribution in [0.25, 0.3) is 0 Å². The molecule has 15 heavy (non-hydrogen) atoms. The molecule has 0 aromatic heterocycles. The summed E-state index contributed by atoms with van der Waals surface area (Å²) >= 11 is 0. The normalized spacial score (nSPS) is 32.0. The van der Waals surface area contributed by atoms with Crippen molar-refractivity contribution < 1.29 is 4.74 Å². The minimum absolute atomic E-state index is 0.310. The predicted molar refractivity (Wildman–Crippen MR) is 61.9 cm³/mol. The Hall–Kier alpha value is -0.120. The molecule has 0 bridgehead atoms. The molecule has 2 rings (SSSR count). The van der Waals surface area contributed by atoms with Crippen LogP contribution in [0.15, 0.2) is 0 Å². The molecule has 1 saturated heterocycles. The second kappa shape index (κ2) is 4.81. The highest BCUT2D eigenvalue weighted by atomic mass is 16.5. The molecule has 2 aliphatic rings. The van der Waals surface area contributed by atoms with Gasteiger partial charge in [0.1, 0.15) is 0 Å². The van der Waals surface area contributed by atoms with E-state index in [-0.39, 0.29) is 0 Å². The smallest absolute Gasteiger partial charge is 0.0622 e. The average Bonchev–Trinajstić information content (AvgIpc) is 2.79. The molecule has 0 spiro atoms. The Balaban J connectivity index is 2.10. The van der Waals surface area contributed by atoms with E-state index in [0.717, 1.165) is 26.3 Å². The van der Waals surface area contributed by atoms with Gasteiger partial charge in [-0.3, -0.25) is 4.90 Å². The summed E-state index contributed by atoms with van der Waals surface area (Å²) in [6.45, 7) is 5.95. The molecule has 0 aromatic carbocycles. The number of morpholine rings is 1. The van der Waals surface area contributed by atoms with Gasteiger partial charge in [-0.2, -0.15) is 0 Å². The number of hydrogen-bond donors (Lipinski definition) is 1. The van der Waals surface area contributed by atoms with Crippen molar-refractivity contribution >= 4 is 0 Å². The van der Waals surface area contributed by atoms with Crippen molar-refractivity contribution in [2.24, 2.45) is 5.73 Å². The third-order valence-electron chi connectivity index (χ3n) is 4.22. The fourth-order valence-electron chi connectivity index (χ4n) is 3.26. The summed E-state index contributed by atoms with van der Waals surface area (Å²) in [5, 5.41) is 0. The van der Waals surface area contributed by atoms with Gasteiger partial charge in [-0.25, -0.2) is 0 Å². The van der Waals surface area contributed by atoms with Crippen molar-refractivity contribution in [3.05, 3.63) is 0 Å². The monoisotopic (exact) mass is 212 g/mol. The molecule has 2 N–H and O–H groups in total. The summed E-state index contributed by atoms with van der Waals surface area (Å²) in [5.74, 6) is 0. The number of ether oxygens (including phenoxy) is 1. The molecule has 1 saturated carbocycles. The summed E-state index contributed by atoms with van der Waals surface area (Å²) in [4.78, 5) is 2.66. The molecule has 88 valence electrons. The van der Waals surface area contributed by atoms with Gasteiger partial charge in [-0.15, -0.1) is 0 Å². The number of nitrogens with zero attached hydrogens (tertiary/aromatic N) is 1.